The van der Waals surface area contributed by atoms with E-state index in [1.54, 1.807) is 18.3 Å². The highest BCUT2D eigenvalue weighted by molar-refractivity contribution is 7.91. The summed E-state index contributed by atoms with van der Waals surface area (Å²) in [6, 6.07) is 3.52. The number of aromatic nitrogens is 1. The average Bonchev–Trinajstić information content (AvgIpc) is 2.30. The van der Waals surface area contributed by atoms with Crippen LogP contribution in [0.3, 0.4) is 0 Å². The number of hydrogen-bond donors (Lipinski definition) is 1. The van der Waals surface area contributed by atoms with Gasteiger partial charge in [0, 0.05) is 12.2 Å². The second-order valence-corrected chi connectivity index (χ2v) is 6.58. The van der Waals surface area contributed by atoms with Crippen molar-refractivity contribution in [2.75, 3.05) is 12.3 Å². The van der Waals surface area contributed by atoms with Crippen LogP contribution in [0.2, 0.25) is 0 Å². The van der Waals surface area contributed by atoms with Crippen LogP contribution < -0.4 is 5.32 Å². The van der Waals surface area contributed by atoms with Gasteiger partial charge in [-0.05, 0) is 44.0 Å². The zero-order valence-corrected chi connectivity index (χ0v) is 10.8. The van der Waals surface area contributed by atoms with E-state index in [0.29, 0.717) is 0 Å². The Morgan fingerprint density at radius 2 is 2.29 bits per heavy atom. The lowest BCUT2D eigenvalue weighted by Gasteiger charge is -2.22. The number of pyridine rings is 1. The normalized spacial score (nSPS) is 21.4. The highest BCUT2D eigenvalue weighted by Crippen LogP contribution is 2.15. The van der Waals surface area contributed by atoms with Crippen molar-refractivity contribution in [1.82, 2.24) is 10.3 Å². The zero-order valence-electron chi connectivity index (χ0n) is 10.0. The fourth-order valence-electron chi connectivity index (χ4n) is 2.10. The van der Waals surface area contributed by atoms with Crippen molar-refractivity contribution in [1.29, 1.82) is 0 Å². The summed E-state index contributed by atoms with van der Waals surface area (Å²) in [5, 5.41) is 3.45. The van der Waals surface area contributed by atoms with Crippen LogP contribution in [0.25, 0.3) is 0 Å². The van der Waals surface area contributed by atoms with Gasteiger partial charge >= 0.3 is 0 Å². The van der Waals surface area contributed by atoms with E-state index in [2.05, 4.69) is 10.3 Å². The largest absolute Gasteiger partial charge is 0.313 e. The Labute approximate surface area is 102 Å². The van der Waals surface area contributed by atoms with Crippen LogP contribution in [0, 0.1) is 6.92 Å². The molecule has 1 fully saturated rings. The van der Waals surface area contributed by atoms with Gasteiger partial charge in [0.25, 0.3) is 0 Å². The number of rotatable bonds is 3. The standard InChI is InChI=1S/C12H18N2O2S/c1-10-5-7-14-12(8-10)17(15,16)9-11-4-2-3-6-13-11/h5,7-8,11,13H,2-4,6,9H2,1H3/t11-/m1/s1. The molecule has 1 aromatic heterocycles. The van der Waals surface area contributed by atoms with E-state index in [1.807, 2.05) is 6.92 Å². The SMILES string of the molecule is Cc1ccnc(S(=O)(=O)C[C@H]2CCCCN2)c1. The van der Waals surface area contributed by atoms with E-state index >= 15 is 0 Å². The molecule has 1 atom stereocenters. The summed E-state index contributed by atoms with van der Waals surface area (Å²) in [5.74, 6) is 0.156. The fraction of sp³-hybridized carbons (Fsp3) is 0.583. The summed E-state index contributed by atoms with van der Waals surface area (Å²) in [6.45, 7) is 2.79. The molecule has 0 aliphatic carbocycles. The molecule has 94 valence electrons. The summed E-state index contributed by atoms with van der Waals surface area (Å²) in [5.41, 5.74) is 0.926. The molecule has 1 aliphatic heterocycles. The van der Waals surface area contributed by atoms with E-state index in [-0.39, 0.29) is 16.8 Å². The summed E-state index contributed by atoms with van der Waals surface area (Å²) in [4.78, 5) is 3.96. The first-order valence-corrected chi connectivity index (χ1v) is 7.62. The number of nitrogens with one attached hydrogen (secondary N) is 1. The maximum absolute atomic E-state index is 12.2. The molecule has 0 unspecified atom stereocenters. The van der Waals surface area contributed by atoms with Crippen LogP contribution in [0.1, 0.15) is 24.8 Å². The van der Waals surface area contributed by atoms with Crippen molar-refractivity contribution in [2.45, 2.75) is 37.3 Å². The minimum Gasteiger partial charge on any atom is -0.313 e. The monoisotopic (exact) mass is 254 g/mol. The minimum atomic E-state index is -3.26. The summed E-state index contributed by atoms with van der Waals surface area (Å²) in [6.07, 6.45) is 4.73. The Hall–Kier alpha value is -0.940. The summed E-state index contributed by atoms with van der Waals surface area (Å²) >= 11 is 0. The van der Waals surface area contributed by atoms with Gasteiger partial charge in [0.15, 0.2) is 14.9 Å². The quantitative estimate of drug-likeness (QED) is 0.883. The van der Waals surface area contributed by atoms with Gasteiger partial charge in [0.1, 0.15) is 0 Å². The molecule has 0 bridgehead atoms. The lowest BCUT2D eigenvalue weighted by Crippen LogP contribution is -2.39. The Morgan fingerprint density at radius 3 is 2.94 bits per heavy atom. The van der Waals surface area contributed by atoms with Gasteiger partial charge in [0.2, 0.25) is 0 Å². The maximum Gasteiger partial charge on any atom is 0.197 e. The number of aryl methyl sites for hydroxylation is 1. The van der Waals surface area contributed by atoms with Crippen molar-refractivity contribution in [3.8, 4) is 0 Å². The minimum absolute atomic E-state index is 0.0797. The van der Waals surface area contributed by atoms with Crippen LogP contribution in [0.4, 0.5) is 0 Å². The highest BCUT2D eigenvalue weighted by atomic mass is 32.2. The molecular formula is C12H18N2O2S. The van der Waals surface area contributed by atoms with Crippen LogP contribution in [0.15, 0.2) is 23.4 Å². The van der Waals surface area contributed by atoms with E-state index in [0.717, 1.165) is 31.4 Å². The van der Waals surface area contributed by atoms with Gasteiger partial charge in [-0.25, -0.2) is 13.4 Å². The number of piperidine rings is 1. The molecule has 2 rings (SSSR count). The van der Waals surface area contributed by atoms with Gasteiger partial charge in [-0.15, -0.1) is 0 Å². The fourth-order valence-corrected chi connectivity index (χ4v) is 3.67. The van der Waals surface area contributed by atoms with Gasteiger partial charge in [-0.3, -0.25) is 0 Å². The van der Waals surface area contributed by atoms with Crippen molar-refractivity contribution >= 4 is 9.84 Å². The summed E-state index contributed by atoms with van der Waals surface area (Å²) in [7, 11) is -3.26. The second kappa shape index (κ2) is 5.14. The van der Waals surface area contributed by atoms with Crippen LogP contribution in [0.5, 0.6) is 0 Å². The Bertz CT molecular complexity index is 479. The molecule has 1 saturated heterocycles. The van der Waals surface area contributed by atoms with Gasteiger partial charge in [0.05, 0.1) is 5.75 Å². The molecule has 1 N–H and O–H groups in total. The first-order chi connectivity index (χ1) is 8.08. The molecule has 0 radical (unpaired) electrons. The molecule has 2 heterocycles. The molecule has 0 saturated carbocycles. The van der Waals surface area contributed by atoms with E-state index in [9.17, 15) is 8.42 Å². The molecule has 0 amide bonds. The smallest absolute Gasteiger partial charge is 0.197 e. The molecule has 1 aliphatic rings. The predicted octanol–water partition coefficient (Wildman–Crippen LogP) is 1.31. The highest BCUT2D eigenvalue weighted by Gasteiger charge is 2.23. The number of sulfone groups is 1. The topological polar surface area (TPSA) is 59.1 Å². The third-order valence-corrected chi connectivity index (χ3v) is 4.74. The summed E-state index contributed by atoms with van der Waals surface area (Å²) < 4.78 is 24.3. The van der Waals surface area contributed by atoms with E-state index in [1.165, 1.54) is 0 Å². The lowest BCUT2D eigenvalue weighted by atomic mass is 10.1. The lowest BCUT2D eigenvalue weighted by molar-refractivity contribution is 0.423. The van der Waals surface area contributed by atoms with Crippen molar-refractivity contribution in [2.24, 2.45) is 0 Å². The maximum atomic E-state index is 12.2. The number of nitrogens with zero attached hydrogens (tertiary/aromatic N) is 1. The first kappa shape index (κ1) is 12.5. The van der Waals surface area contributed by atoms with Crippen molar-refractivity contribution in [3.05, 3.63) is 23.9 Å². The third kappa shape index (κ3) is 3.26. The Balaban J connectivity index is 2.13. The van der Waals surface area contributed by atoms with Gasteiger partial charge in [-0.2, -0.15) is 0 Å². The predicted molar refractivity (Wildman–Crippen MR) is 66.7 cm³/mol. The van der Waals surface area contributed by atoms with Gasteiger partial charge in [-0.1, -0.05) is 6.42 Å². The van der Waals surface area contributed by atoms with Crippen LogP contribution in [-0.4, -0.2) is 31.7 Å². The molecule has 17 heavy (non-hydrogen) atoms. The molecular weight excluding hydrogens is 236 g/mol. The average molecular weight is 254 g/mol. The molecule has 0 spiro atoms. The molecule has 0 aromatic carbocycles. The second-order valence-electron chi connectivity index (χ2n) is 4.60. The van der Waals surface area contributed by atoms with Crippen molar-refractivity contribution < 1.29 is 8.42 Å². The van der Waals surface area contributed by atoms with Gasteiger partial charge < -0.3 is 5.32 Å². The van der Waals surface area contributed by atoms with E-state index < -0.39 is 9.84 Å². The Morgan fingerprint density at radius 1 is 1.47 bits per heavy atom. The third-order valence-electron chi connectivity index (χ3n) is 3.04. The van der Waals surface area contributed by atoms with Crippen LogP contribution in [-0.2, 0) is 9.84 Å². The Kier molecular flexibility index (Phi) is 3.79. The molecule has 4 nitrogen and oxygen atoms in total. The molecule has 1 aromatic rings. The number of hydrogen-bond acceptors (Lipinski definition) is 4. The molecule has 5 heteroatoms. The van der Waals surface area contributed by atoms with Crippen LogP contribution >= 0.6 is 0 Å². The first-order valence-electron chi connectivity index (χ1n) is 5.97. The zero-order chi connectivity index (χ0) is 12.3. The van der Waals surface area contributed by atoms with E-state index in [4.69, 9.17) is 0 Å². The van der Waals surface area contributed by atoms with Crippen molar-refractivity contribution in [3.63, 3.8) is 0 Å².